The van der Waals surface area contributed by atoms with E-state index in [0.29, 0.717) is 4.13 Å². The van der Waals surface area contributed by atoms with Gasteiger partial charge < -0.3 is 0 Å². The van der Waals surface area contributed by atoms with Crippen LogP contribution in [0.2, 0.25) is 0 Å². The van der Waals surface area contributed by atoms with Crippen molar-refractivity contribution in [2.75, 3.05) is 11.5 Å². The monoisotopic (exact) mass is 383 g/mol. The topological polar surface area (TPSA) is 80.3 Å². The summed E-state index contributed by atoms with van der Waals surface area (Å²) in [5, 5.41) is 0. The lowest BCUT2D eigenvalue weighted by Gasteiger charge is -2.19. The lowest BCUT2D eigenvalue weighted by molar-refractivity contribution is -0.181. The van der Waals surface area contributed by atoms with Gasteiger partial charge in [-0.05, 0) is 0 Å². The normalized spacial score (nSPS) is 15.1. The van der Waals surface area contributed by atoms with Crippen molar-refractivity contribution in [1.29, 1.82) is 0 Å². The van der Waals surface area contributed by atoms with Gasteiger partial charge in [-0.25, -0.2) is 34.4 Å². The van der Waals surface area contributed by atoms with Crippen molar-refractivity contribution in [3.8, 4) is 0 Å². The van der Waals surface area contributed by atoms with Gasteiger partial charge in [-0.2, -0.15) is 13.2 Å². The fourth-order valence-electron chi connectivity index (χ4n) is 1.25. The van der Waals surface area contributed by atoms with Crippen LogP contribution in [0.25, 0.3) is 0 Å². The fourth-order valence-corrected chi connectivity index (χ4v) is 4.69. The Labute approximate surface area is 122 Å². The summed E-state index contributed by atoms with van der Waals surface area (Å²) in [6, 6.07) is 0. The average Bonchev–Trinajstić information content (AvgIpc) is 2.06. The molecule has 0 unspecified atom stereocenters. The Morgan fingerprint density at radius 2 is 1.14 bits per heavy atom. The maximum absolute atomic E-state index is 12.9. The smallest absolute Gasteiger partial charge is 0.211 e. The highest BCUT2D eigenvalue weighted by atomic mass is 32.3. The molecule has 5 nitrogen and oxygen atoms in total. The fraction of sp³-hybridized carbons (Fsp3) is 1.00. The molecule has 0 amide bonds. The summed E-state index contributed by atoms with van der Waals surface area (Å²) in [6.45, 7) is 0.890. The summed E-state index contributed by atoms with van der Waals surface area (Å²) in [6.07, 6.45) is -9.17. The predicted octanol–water partition coefficient (Wildman–Crippen LogP) is 1.87. The SMILES string of the molecule is CCC(F)(F)CS(=O)(=O)NS(=O)(=O)CC(F)(F)CC(F)(F)F. The van der Waals surface area contributed by atoms with Gasteiger partial charge in [0.15, 0.2) is 0 Å². The van der Waals surface area contributed by atoms with Crippen LogP contribution in [0.1, 0.15) is 19.8 Å². The Hall–Kier alpha value is -0.630. The van der Waals surface area contributed by atoms with Crippen molar-refractivity contribution in [1.82, 2.24) is 4.13 Å². The van der Waals surface area contributed by atoms with Gasteiger partial charge in [0.05, 0.1) is 0 Å². The van der Waals surface area contributed by atoms with Crippen molar-refractivity contribution < 1.29 is 47.6 Å². The van der Waals surface area contributed by atoms with Crippen molar-refractivity contribution in [2.45, 2.75) is 37.8 Å². The molecule has 0 saturated carbocycles. The first-order valence-corrected chi connectivity index (χ1v) is 8.75. The highest BCUT2D eigenvalue weighted by Gasteiger charge is 2.47. The molecule has 0 aromatic rings. The molecule has 0 aromatic heterocycles. The highest BCUT2D eigenvalue weighted by molar-refractivity contribution is 8.04. The molecule has 0 atom stereocenters. The maximum Gasteiger partial charge on any atom is 0.394 e. The third-order valence-electron chi connectivity index (χ3n) is 2.03. The molecule has 14 heteroatoms. The van der Waals surface area contributed by atoms with Gasteiger partial charge in [0, 0.05) is 6.42 Å². The van der Waals surface area contributed by atoms with Crippen LogP contribution in [-0.4, -0.2) is 46.4 Å². The predicted molar refractivity (Wildman–Crippen MR) is 61.6 cm³/mol. The number of halogens is 7. The van der Waals surface area contributed by atoms with Gasteiger partial charge in [0.1, 0.15) is 17.9 Å². The molecule has 0 spiro atoms. The van der Waals surface area contributed by atoms with E-state index in [1.54, 1.807) is 0 Å². The number of rotatable bonds is 8. The summed E-state index contributed by atoms with van der Waals surface area (Å²) in [4.78, 5) is 0. The molecule has 0 aliphatic carbocycles. The molecule has 0 rings (SSSR count). The zero-order chi connectivity index (χ0) is 18.0. The first-order valence-electron chi connectivity index (χ1n) is 5.45. The van der Waals surface area contributed by atoms with Crippen LogP contribution in [-0.2, 0) is 20.0 Å². The summed E-state index contributed by atoms with van der Waals surface area (Å²) in [5.41, 5.74) is 0. The van der Waals surface area contributed by atoms with E-state index in [-0.39, 0.29) is 0 Å². The first-order chi connectivity index (χ1) is 9.39. The molecule has 0 radical (unpaired) electrons. The Morgan fingerprint density at radius 3 is 1.45 bits per heavy atom. The number of alkyl halides is 7. The summed E-state index contributed by atoms with van der Waals surface area (Å²) < 4.78 is 132. The van der Waals surface area contributed by atoms with Gasteiger partial charge in [0.2, 0.25) is 20.0 Å². The maximum atomic E-state index is 12.9. The summed E-state index contributed by atoms with van der Waals surface area (Å²) >= 11 is 0. The van der Waals surface area contributed by atoms with Crippen LogP contribution in [0.15, 0.2) is 0 Å². The quantitative estimate of drug-likeness (QED) is 0.649. The molecule has 0 bridgehead atoms. The molecule has 134 valence electrons. The second-order valence-corrected chi connectivity index (χ2v) is 8.16. The number of hydrogen-bond acceptors (Lipinski definition) is 4. The molecule has 22 heavy (non-hydrogen) atoms. The van der Waals surface area contributed by atoms with Gasteiger partial charge in [-0.15, -0.1) is 4.13 Å². The van der Waals surface area contributed by atoms with Crippen molar-refractivity contribution >= 4 is 20.0 Å². The van der Waals surface area contributed by atoms with E-state index in [4.69, 9.17) is 0 Å². The molecule has 0 heterocycles. The van der Waals surface area contributed by atoms with Crippen LogP contribution in [0.4, 0.5) is 30.7 Å². The van der Waals surface area contributed by atoms with E-state index < -0.39 is 62.4 Å². The Balaban J connectivity index is 5.06. The first kappa shape index (κ1) is 21.4. The number of sulfonamides is 2. The van der Waals surface area contributed by atoms with Crippen molar-refractivity contribution in [3.05, 3.63) is 0 Å². The molecule has 0 saturated heterocycles. The minimum atomic E-state index is -5.47. The second kappa shape index (κ2) is 6.47. The molecule has 0 fully saturated rings. The Kier molecular flexibility index (Phi) is 6.28. The molecule has 1 N–H and O–H groups in total. The van der Waals surface area contributed by atoms with Crippen LogP contribution in [0.3, 0.4) is 0 Å². The van der Waals surface area contributed by atoms with Gasteiger partial charge in [-0.3, -0.25) is 0 Å². The van der Waals surface area contributed by atoms with Gasteiger partial charge in [0.25, 0.3) is 11.8 Å². The average molecular weight is 383 g/mol. The second-order valence-electron chi connectivity index (χ2n) is 4.46. The highest BCUT2D eigenvalue weighted by Crippen LogP contribution is 2.32. The van der Waals surface area contributed by atoms with Crippen LogP contribution < -0.4 is 4.13 Å². The molecule has 0 aromatic carbocycles. The summed E-state index contributed by atoms with van der Waals surface area (Å²) in [5.74, 6) is -13.1. The lowest BCUT2D eigenvalue weighted by Crippen LogP contribution is -2.44. The van der Waals surface area contributed by atoms with E-state index in [2.05, 4.69) is 0 Å². The standard InChI is InChI=1S/C8H12F7NO4S2/c1-2-6(9,10)4-21(17,18)16-22(19,20)5-7(11,12)3-8(13,14)15/h16H,2-5H2,1H3. The van der Waals surface area contributed by atoms with E-state index in [1.165, 1.54) is 0 Å². The Morgan fingerprint density at radius 1 is 0.773 bits per heavy atom. The molecular weight excluding hydrogens is 371 g/mol. The zero-order valence-corrected chi connectivity index (χ0v) is 12.6. The van der Waals surface area contributed by atoms with Gasteiger partial charge in [-0.1, -0.05) is 6.92 Å². The number of nitrogens with one attached hydrogen (secondary N) is 1. The van der Waals surface area contributed by atoms with Crippen LogP contribution in [0.5, 0.6) is 0 Å². The van der Waals surface area contributed by atoms with Gasteiger partial charge >= 0.3 is 6.18 Å². The van der Waals surface area contributed by atoms with E-state index in [9.17, 15) is 47.6 Å². The minimum absolute atomic E-state index is 0.582. The van der Waals surface area contributed by atoms with E-state index in [0.717, 1.165) is 6.92 Å². The van der Waals surface area contributed by atoms with Crippen LogP contribution in [0, 0.1) is 0 Å². The molecule has 0 aliphatic rings. The van der Waals surface area contributed by atoms with Crippen molar-refractivity contribution in [3.63, 3.8) is 0 Å². The molecular formula is C8H12F7NO4S2. The van der Waals surface area contributed by atoms with Crippen molar-refractivity contribution in [2.24, 2.45) is 0 Å². The zero-order valence-electron chi connectivity index (χ0n) is 10.9. The third-order valence-corrected chi connectivity index (χ3v) is 5.67. The van der Waals surface area contributed by atoms with E-state index in [1.807, 2.05) is 0 Å². The minimum Gasteiger partial charge on any atom is -0.211 e. The largest absolute Gasteiger partial charge is 0.394 e. The summed E-state index contributed by atoms with van der Waals surface area (Å²) in [7, 11) is -10.7. The Bertz CT molecular complexity index is 582. The van der Waals surface area contributed by atoms with Crippen LogP contribution >= 0.6 is 0 Å². The molecule has 0 aliphatic heterocycles. The van der Waals surface area contributed by atoms with E-state index >= 15 is 0 Å². The number of hydrogen-bond donors (Lipinski definition) is 1. The third kappa shape index (κ3) is 9.40. The lowest BCUT2D eigenvalue weighted by atomic mass is 10.3.